The molecule has 3 rings (SSSR count). The molecule has 0 radical (unpaired) electrons. The number of carbonyl (C=O) groups excluding carboxylic acids is 2. The molecule has 6 nitrogen and oxygen atoms in total. The van der Waals surface area contributed by atoms with E-state index >= 15 is 0 Å². The molecule has 1 aliphatic heterocycles. The van der Waals surface area contributed by atoms with Gasteiger partial charge in [-0.15, -0.1) is 0 Å². The summed E-state index contributed by atoms with van der Waals surface area (Å²) in [5.41, 5.74) is 8.24. The standard InChI is InChI=1S/C19H21N3O3/c1-2-25-19(24)16-13-21(12-14-7-4-3-5-8-14)18(23)17(16)22-10-6-9-15(22)11-20/h3-10H,2,11-13,20H2,1H3. The molecule has 2 N–H and O–H groups in total. The monoisotopic (exact) mass is 339 g/mol. The Labute approximate surface area is 146 Å². The van der Waals surface area contributed by atoms with Gasteiger partial charge in [0.05, 0.1) is 18.7 Å². The Bertz CT molecular complexity index is 808. The predicted octanol–water partition coefficient (Wildman–Crippen LogP) is 1.76. The lowest BCUT2D eigenvalue weighted by Gasteiger charge is -2.17. The fourth-order valence-corrected chi connectivity index (χ4v) is 2.98. The van der Waals surface area contributed by atoms with Crippen LogP contribution in [0.25, 0.3) is 5.70 Å². The van der Waals surface area contributed by atoms with Crippen molar-refractivity contribution < 1.29 is 14.3 Å². The summed E-state index contributed by atoms with van der Waals surface area (Å²) >= 11 is 0. The van der Waals surface area contributed by atoms with Gasteiger partial charge in [-0.1, -0.05) is 30.3 Å². The Kier molecular flexibility index (Phi) is 5.00. The van der Waals surface area contributed by atoms with E-state index in [0.29, 0.717) is 17.8 Å². The molecule has 2 heterocycles. The zero-order chi connectivity index (χ0) is 17.8. The third kappa shape index (κ3) is 3.34. The number of rotatable bonds is 6. The number of esters is 1. The van der Waals surface area contributed by atoms with Crippen molar-refractivity contribution in [2.24, 2.45) is 5.73 Å². The van der Waals surface area contributed by atoms with E-state index in [1.54, 1.807) is 22.6 Å². The molecule has 0 spiro atoms. The van der Waals surface area contributed by atoms with Crippen LogP contribution in [0.4, 0.5) is 0 Å². The second-order valence-electron chi connectivity index (χ2n) is 5.77. The Morgan fingerprint density at radius 2 is 1.96 bits per heavy atom. The highest BCUT2D eigenvalue weighted by Crippen LogP contribution is 2.27. The molecule has 25 heavy (non-hydrogen) atoms. The molecule has 0 saturated carbocycles. The van der Waals surface area contributed by atoms with Crippen LogP contribution in [0.1, 0.15) is 18.2 Å². The number of benzene rings is 1. The maximum Gasteiger partial charge on any atom is 0.338 e. The van der Waals surface area contributed by atoms with Crippen molar-refractivity contribution in [2.75, 3.05) is 13.2 Å². The van der Waals surface area contributed by atoms with Gasteiger partial charge < -0.3 is 19.9 Å². The van der Waals surface area contributed by atoms with Crippen molar-refractivity contribution in [2.45, 2.75) is 20.0 Å². The van der Waals surface area contributed by atoms with Crippen molar-refractivity contribution in [1.29, 1.82) is 0 Å². The molecule has 1 aromatic heterocycles. The van der Waals surface area contributed by atoms with Gasteiger partial charge in [-0.2, -0.15) is 0 Å². The van der Waals surface area contributed by atoms with Gasteiger partial charge in [-0.25, -0.2) is 4.79 Å². The first kappa shape index (κ1) is 17.0. The number of carbonyl (C=O) groups is 2. The SMILES string of the molecule is CCOC(=O)C1=C(n2cccc2CN)C(=O)N(Cc2ccccc2)C1. The Morgan fingerprint density at radius 3 is 2.64 bits per heavy atom. The molecule has 0 unspecified atom stereocenters. The normalized spacial score (nSPS) is 14.3. The number of hydrogen-bond donors (Lipinski definition) is 1. The van der Waals surface area contributed by atoms with Crippen molar-refractivity contribution in [3.8, 4) is 0 Å². The summed E-state index contributed by atoms with van der Waals surface area (Å²) in [6.07, 6.45) is 1.75. The predicted molar refractivity (Wildman–Crippen MR) is 94.0 cm³/mol. The number of aromatic nitrogens is 1. The van der Waals surface area contributed by atoms with Gasteiger partial charge in [-0.05, 0) is 24.6 Å². The van der Waals surface area contributed by atoms with Gasteiger partial charge in [0.1, 0.15) is 5.70 Å². The van der Waals surface area contributed by atoms with E-state index in [1.807, 2.05) is 42.5 Å². The molecule has 1 amide bonds. The van der Waals surface area contributed by atoms with E-state index in [-0.39, 0.29) is 25.6 Å². The first-order valence-corrected chi connectivity index (χ1v) is 8.25. The molecule has 0 bridgehead atoms. The van der Waals surface area contributed by atoms with Crippen LogP contribution in [0.3, 0.4) is 0 Å². The summed E-state index contributed by atoms with van der Waals surface area (Å²) in [5.74, 6) is -0.657. The number of nitrogens with two attached hydrogens (primary N) is 1. The highest BCUT2D eigenvalue weighted by Gasteiger charge is 2.36. The molecule has 2 aromatic rings. The maximum absolute atomic E-state index is 13.0. The molecule has 0 fully saturated rings. The number of hydrogen-bond acceptors (Lipinski definition) is 4. The molecule has 0 atom stereocenters. The van der Waals surface area contributed by atoms with Gasteiger partial charge in [0, 0.05) is 25.0 Å². The van der Waals surface area contributed by atoms with E-state index in [2.05, 4.69) is 0 Å². The summed E-state index contributed by atoms with van der Waals surface area (Å²) in [5, 5.41) is 0. The van der Waals surface area contributed by atoms with Crippen LogP contribution in [-0.2, 0) is 27.4 Å². The summed E-state index contributed by atoms with van der Waals surface area (Å²) in [4.78, 5) is 27.0. The lowest BCUT2D eigenvalue weighted by Crippen LogP contribution is -2.28. The Balaban J connectivity index is 1.95. The average molecular weight is 339 g/mol. The van der Waals surface area contributed by atoms with Crippen LogP contribution in [0.5, 0.6) is 0 Å². The van der Waals surface area contributed by atoms with Gasteiger partial charge in [0.2, 0.25) is 0 Å². The number of nitrogens with zero attached hydrogens (tertiary/aromatic N) is 2. The van der Waals surface area contributed by atoms with Crippen LogP contribution in [-0.4, -0.2) is 34.5 Å². The maximum atomic E-state index is 13.0. The van der Waals surface area contributed by atoms with Crippen LogP contribution < -0.4 is 5.73 Å². The molecule has 0 saturated heterocycles. The van der Waals surface area contributed by atoms with Crippen LogP contribution in [0.15, 0.2) is 54.2 Å². The largest absolute Gasteiger partial charge is 0.463 e. The second-order valence-corrected chi connectivity index (χ2v) is 5.77. The lowest BCUT2D eigenvalue weighted by atomic mass is 10.2. The lowest BCUT2D eigenvalue weighted by molar-refractivity contribution is -0.138. The quantitative estimate of drug-likeness (QED) is 0.814. The third-order valence-electron chi connectivity index (χ3n) is 4.15. The van der Waals surface area contributed by atoms with Crippen LogP contribution >= 0.6 is 0 Å². The molecule has 0 aliphatic carbocycles. The number of amides is 1. The topological polar surface area (TPSA) is 77.6 Å². The molecule has 1 aromatic carbocycles. The van der Waals surface area contributed by atoms with Crippen molar-refractivity contribution in [3.05, 3.63) is 65.5 Å². The van der Waals surface area contributed by atoms with E-state index < -0.39 is 5.97 Å². The minimum atomic E-state index is -0.460. The van der Waals surface area contributed by atoms with Gasteiger partial charge in [0.15, 0.2) is 0 Å². The summed E-state index contributed by atoms with van der Waals surface area (Å²) in [6.45, 7) is 2.95. The van der Waals surface area contributed by atoms with Gasteiger partial charge in [-0.3, -0.25) is 4.79 Å². The third-order valence-corrected chi connectivity index (χ3v) is 4.15. The van der Waals surface area contributed by atoms with Crippen molar-refractivity contribution in [1.82, 2.24) is 9.47 Å². The summed E-state index contributed by atoms with van der Waals surface area (Å²) < 4.78 is 6.85. The fraction of sp³-hybridized carbons (Fsp3) is 0.263. The highest BCUT2D eigenvalue weighted by molar-refractivity contribution is 6.23. The molecular formula is C19H21N3O3. The van der Waals surface area contributed by atoms with Crippen molar-refractivity contribution >= 4 is 17.6 Å². The Hall–Kier alpha value is -2.86. The zero-order valence-electron chi connectivity index (χ0n) is 14.1. The van der Waals surface area contributed by atoms with E-state index in [9.17, 15) is 9.59 Å². The molecule has 6 heteroatoms. The summed E-state index contributed by atoms with van der Waals surface area (Å²) in [6, 6.07) is 13.3. The van der Waals surface area contributed by atoms with Gasteiger partial charge >= 0.3 is 5.97 Å². The molecule has 130 valence electrons. The van der Waals surface area contributed by atoms with E-state index in [1.165, 1.54) is 0 Å². The highest BCUT2D eigenvalue weighted by atomic mass is 16.5. The van der Waals surface area contributed by atoms with E-state index in [4.69, 9.17) is 10.5 Å². The minimum absolute atomic E-state index is 0.196. The smallest absolute Gasteiger partial charge is 0.338 e. The van der Waals surface area contributed by atoms with Crippen molar-refractivity contribution in [3.63, 3.8) is 0 Å². The second kappa shape index (κ2) is 7.36. The average Bonchev–Trinajstić information content (AvgIpc) is 3.20. The first-order chi connectivity index (χ1) is 12.2. The van der Waals surface area contributed by atoms with Crippen LogP contribution in [0, 0.1) is 0 Å². The Morgan fingerprint density at radius 1 is 1.20 bits per heavy atom. The zero-order valence-corrected chi connectivity index (χ0v) is 14.1. The fourth-order valence-electron chi connectivity index (χ4n) is 2.98. The first-order valence-electron chi connectivity index (χ1n) is 8.25. The molecular weight excluding hydrogens is 318 g/mol. The minimum Gasteiger partial charge on any atom is -0.463 e. The number of ether oxygens (including phenoxy) is 1. The summed E-state index contributed by atoms with van der Waals surface area (Å²) in [7, 11) is 0. The van der Waals surface area contributed by atoms with Gasteiger partial charge in [0.25, 0.3) is 5.91 Å². The van der Waals surface area contributed by atoms with E-state index in [0.717, 1.165) is 11.3 Å². The van der Waals surface area contributed by atoms with Crippen LogP contribution in [0.2, 0.25) is 0 Å². The molecule has 1 aliphatic rings.